The Hall–Kier alpha value is -2.11. The number of hydrogen-bond acceptors (Lipinski definition) is 4. The predicted octanol–water partition coefficient (Wildman–Crippen LogP) is 4.35. The lowest BCUT2D eigenvalue weighted by atomic mass is 10.0. The minimum Gasteiger partial charge on any atom is -0.481 e. The third-order valence-electron chi connectivity index (χ3n) is 4.28. The zero-order valence-electron chi connectivity index (χ0n) is 16.1. The first-order valence-corrected chi connectivity index (χ1v) is 9.47. The number of hydrogen-bond donors (Lipinski definition) is 1. The maximum Gasteiger partial charge on any atom is 0.416 e. The van der Waals surface area contributed by atoms with Gasteiger partial charge in [-0.3, -0.25) is 9.69 Å². The predicted molar refractivity (Wildman–Crippen MR) is 101 cm³/mol. The van der Waals surface area contributed by atoms with Gasteiger partial charge < -0.3 is 9.84 Å². The van der Waals surface area contributed by atoms with E-state index in [1.165, 1.54) is 0 Å². The van der Waals surface area contributed by atoms with Crippen LogP contribution in [0.2, 0.25) is 0 Å². The molecule has 2 rings (SSSR count). The van der Waals surface area contributed by atoms with E-state index in [9.17, 15) is 9.59 Å². The summed E-state index contributed by atoms with van der Waals surface area (Å²) in [5, 5.41) is 8.65. The summed E-state index contributed by atoms with van der Waals surface area (Å²) in [6.45, 7) is 6.23. The number of carbonyl (C=O) groups excluding carboxylic acids is 1. The first-order chi connectivity index (χ1) is 12.3. The second-order valence-electron chi connectivity index (χ2n) is 7.83. The Kier molecular flexibility index (Phi) is 7.00. The number of aromatic nitrogens is 1. The van der Waals surface area contributed by atoms with Crippen LogP contribution in [0.15, 0.2) is 12.1 Å². The van der Waals surface area contributed by atoms with Crippen LogP contribution in [0.5, 0.6) is 0 Å². The van der Waals surface area contributed by atoms with E-state index in [4.69, 9.17) is 14.8 Å². The largest absolute Gasteiger partial charge is 0.481 e. The number of aryl methyl sites for hydroxylation is 2. The molecule has 6 heteroatoms. The van der Waals surface area contributed by atoms with Crippen molar-refractivity contribution in [2.45, 2.75) is 77.7 Å². The molecule has 1 aromatic rings. The van der Waals surface area contributed by atoms with Crippen LogP contribution in [0.3, 0.4) is 0 Å². The highest BCUT2D eigenvalue weighted by Crippen LogP contribution is 2.27. The minimum atomic E-state index is -0.733. The zero-order chi connectivity index (χ0) is 19.2. The highest BCUT2D eigenvalue weighted by atomic mass is 16.6. The number of carbonyl (C=O) groups is 2. The summed E-state index contributed by atoms with van der Waals surface area (Å²) in [6.07, 6.45) is 6.18. The molecular weight excluding hydrogens is 332 g/mol. The van der Waals surface area contributed by atoms with E-state index >= 15 is 0 Å². The maximum absolute atomic E-state index is 12.5. The van der Waals surface area contributed by atoms with Gasteiger partial charge in [0.15, 0.2) is 0 Å². The van der Waals surface area contributed by atoms with E-state index in [1.807, 2.05) is 26.8 Å². The number of carboxylic acids is 1. The van der Waals surface area contributed by atoms with E-state index in [1.54, 1.807) is 4.90 Å². The summed E-state index contributed by atoms with van der Waals surface area (Å²) in [4.78, 5) is 29.4. The monoisotopic (exact) mass is 362 g/mol. The summed E-state index contributed by atoms with van der Waals surface area (Å²) in [7, 11) is 0. The fourth-order valence-corrected chi connectivity index (χ4v) is 3.05. The molecule has 1 aliphatic heterocycles. The molecule has 0 fully saturated rings. The van der Waals surface area contributed by atoms with Gasteiger partial charge in [-0.1, -0.05) is 18.9 Å². The van der Waals surface area contributed by atoms with Gasteiger partial charge in [-0.2, -0.15) is 0 Å². The van der Waals surface area contributed by atoms with Crippen LogP contribution >= 0.6 is 0 Å². The van der Waals surface area contributed by atoms with E-state index in [0.29, 0.717) is 6.54 Å². The number of anilines is 1. The summed E-state index contributed by atoms with van der Waals surface area (Å²) >= 11 is 0. The molecule has 0 saturated heterocycles. The van der Waals surface area contributed by atoms with Crippen molar-refractivity contribution in [2.75, 3.05) is 11.4 Å². The highest BCUT2D eigenvalue weighted by molar-refractivity contribution is 5.88. The van der Waals surface area contributed by atoms with E-state index in [0.717, 1.165) is 62.0 Å². The molecule has 0 bridgehead atoms. The number of carboxylic acid groups (broad SMARTS) is 1. The topological polar surface area (TPSA) is 79.7 Å². The number of ether oxygens (including phenoxy) is 1. The summed E-state index contributed by atoms with van der Waals surface area (Å²) in [5.74, 6) is -0.00235. The van der Waals surface area contributed by atoms with Gasteiger partial charge in [0.05, 0.1) is 0 Å². The van der Waals surface area contributed by atoms with Crippen molar-refractivity contribution in [2.24, 2.45) is 0 Å². The third kappa shape index (κ3) is 6.32. The first kappa shape index (κ1) is 20.2. The van der Waals surface area contributed by atoms with E-state index < -0.39 is 11.6 Å². The van der Waals surface area contributed by atoms with Gasteiger partial charge in [0.2, 0.25) is 0 Å². The van der Waals surface area contributed by atoms with Crippen LogP contribution in [0.4, 0.5) is 10.6 Å². The van der Waals surface area contributed by atoms with Gasteiger partial charge in [-0.25, -0.2) is 9.78 Å². The molecule has 0 unspecified atom stereocenters. The molecule has 1 amide bonds. The number of aliphatic carboxylic acids is 1. The molecule has 0 spiro atoms. The van der Waals surface area contributed by atoms with Gasteiger partial charge in [0.1, 0.15) is 11.4 Å². The lowest BCUT2D eigenvalue weighted by molar-refractivity contribution is -0.137. The molecule has 2 heterocycles. The lowest BCUT2D eigenvalue weighted by Gasteiger charge is -2.31. The van der Waals surface area contributed by atoms with Crippen molar-refractivity contribution in [1.29, 1.82) is 0 Å². The second kappa shape index (κ2) is 9.01. The van der Waals surface area contributed by atoms with Crippen LogP contribution in [-0.4, -0.2) is 34.3 Å². The van der Waals surface area contributed by atoms with Crippen molar-refractivity contribution < 1.29 is 19.4 Å². The van der Waals surface area contributed by atoms with E-state index in [2.05, 4.69) is 6.07 Å². The van der Waals surface area contributed by atoms with Crippen molar-refractivity contribution in [3.63, 3.8) is 0 Å². The Morgan fingerprint density at radius 2 is 1.92 bits per heavy atom. The van der Waals surface area contributed by atoms with Gasteiger partial charge in [-0.15, -0.1) is 0 Å². The average Bonchev–Trinajstić information content (AvgIpc) is 2.55. The molecule has 0 atom stereocenters. The molecule has 0 aromatic carbocycles. The molecule has 0 saturated carbocycles. The average molecular weight is 362 g/mol. The van der Waals surface area contributed by atoms with Crippen molar-refractivity contribution in [1.82, 2.24) is 4.98 Å². The first-order valence-electron chi connectivity index (χ1n) is 9.47. The lowest BCUT2D eigenvalue weighted by Crippen LogP contribution is -2.40. The van der Waals surface area contributed by atoms with Crippen LogP contribution in [0.25, 0.3) is 0 Å². The smallest absolute Gasteiger partial charge is 0.416 e. The van der Waals surface area contributed by atoms with Crippen LogP contribution in [0, 0.1) is 0 Å². The Morgan fingerprint density at radius 3 is 2.62 bits per heavy atom. The van der Waals surface area contributed by atoms with Gasteiger partial charge in [0.25, 0.3) is 0 Å². The number of nitrogens with zero attached hydrogens (tertiary/aromatic N) is 2. The van der Waals surface area contributed by atoms with Crippen molar-refractivity contribution >= 4 is 17.9 Å². The summed E-state index contributed by atoms with van der Waals surface area (Å²) in [5.41, 5.74) is 1.53. The normalized spacial score (nSPS) is 14.0. The number of pyridine rings is 1. The number of amides is 1. The fourth-order valence-electron chi connectivity index (χ4n) is 3.05. The quantitative estimate of drug-likeness (QED) is 0.730. The molecule has 1 aromatic heterocycles. The van der Waals surface area contributed by atoms with Crippen LogP contribution < -0.4 is 4.90 Å². The summed E-state index contributed by atoms with van der Waals surface area (Å²) in [6, 6.07) is 4.10. The highest BCUT2D eigenvalue weighted by Gasteiger charge is 2.28. The molecule has 6 nitrogen and oxygen atoms in total. The molecule has 26 heavy (non-hydrogen) atoms. The van der Waals surface area contributed by atoms with Crippen LogP contribution in [-0.2, 0) is 22.4 Å². The molecule has 1 N–H and O–H groups in total. The number of unbranched alkanes of at least 4 members (excludes halogenated alkanes) is 3. The Balaban J connectivity index is 1.95. The van der Waals surface area contributed by atoms with Gasteiger partial charge in [-0.05, 0) is 64.5 Å². The molecule has 1 aliphatic rings. The third-order valence-corrected chi connectivity index (χ3v) is 4.28. The Labute approximate surface area is 155 Å². The second-order valence-corrected chi connectivity index (χ2v) is 7.83. The zero-order valence-corrected chi connectivity index (χ0v) is 16.1. The van der Waals surface area contributed by atoms with Crippen molar-refractivity contribution in [3.05, 3.63) is 23.4 Å². The molecule has 144 valence electrons. The Morgan fingerprint density at radius 1 is 1.19 bits per heavy atom. The van der Waals surface area contributed by atoms with Gasteiger partial charge >= 0.3 is 12.1 Å². The van der Waals surface area contributed by atoms with Crippen molar-refractivity contribution in [3.8, 4) is 0 Å². The minimum absolute atomic E-state index is 0.238. The number of fused-ring (bicyclic) bond motifs is 1. The van der Waals surface area contributed by atoms with Crippen LogP contribution in [0.1, 0.15) is 70.6 Å². The van der Waals surface area contributed by atoms with Gasteiger partial charge in [0, 0.05) is 18.7 Å². The number of rotatable bonds is 7. The molecule has 0 aliphatic carbocycles. The SMILES string of the molecule is CC(C)(C)OC(=O)N1CCCc2ccc(CCCCCCC(=O)O)nc21. The molecular formula is C20H30N2O4. The Bertz CT molecular complexity index is 637. The summed E-state index contributed by atoms with van der Waals surface area (Å²) < 4.78 is 5.52. The van der Waals surface area contributed by atoms with E-state index in [-0.39, 0.29) is 12.5 Å². The standard InChI is InChI=1S/C20H30N2O4/c1-20(2,3)26-19(25)22-14-8-9-15-12-13-16(21-18(15)22)10-6-4-5-7-11-17(23)24/h12-13H,4-11,14H2,1-3H3,(H,23,24). The maximum atomic E-state index is 12.5. The molecule has 0 radical (unpaired) electrons. The fraction of sp³-hybridized carbons (Fsp3) is 0.650.